The molecule has 2 aromatic carbocycles. The van der Waals surface area contributed by atoms with E-state index in [0.717, 1.165) is 11.1 Å². The Balaban J connectivity index is 1.60. The van der Waals surface area contributed by atoms with E-state index in [0.29, 0.717) is 12.8 Å². The number of aliphatic hydroxyl groups is 1. The maximum absolute atomic E-state index is 13.7. The number of hydrogen-bond acceptors (Lipinski definition) is 10. The minimum atomic E-state index is -1.40. The van der Waals surface area contributed by atoms with Crippen LogP contribution in [0, 0.1) is 0 Å². The van der Waals surface area contributed by atoms with Crippen LogP contribution >= 0.6 is 0 Å². The molecule has 0 radical (unpaired) electrons. The molecule has 1 aliphatic rings. The van der Waals surface area contributed by atoms with Crippen LogP contribution < -0.4 is 21.3 Å². The molecule has 0 aromatic heterocycles. The van der Waals surface area contributed by atoms with E-state index in [1.807, 2.05) is 12.1 Å². The average molecular weight is 750 g/mol. The highest BCUT2D eigenvalue weighted by Crippen LogP contribution is 2.20. The van der Waals surface area contributed by atoms with E-state index >= 15 is 0 Å². The minimum Gasteiger partial charge on any atom is -0.459 e. The van der Waals surface area contributed by atoms with E-state index in [-0.39, 0.29) is 58.4 Å². The maximum atomic E-state index is 13.7. The maximum Gasteiger partial charge on any atom is 0.408 e. The van der Waals surface area contributed by atoms with Gasteiger partial charge in [-0.1, -0.05) is 80.1 Å². The number of ether oxygens (including phenoxy) is 2. The van der Waals surface area contributed by atoms with Gasteiger partial charge in [0.2, 0.25) is 23.5 Å². The standard InChI is InChI=1S/C39H51N5O10/c1-4-14-29(34(47)36(49)40-22-5-2)41-35(48)31-20-13-23-44(31)37(50)33(26(3)45)43-32(46)21-12-19-30(38(51)53-24-27-15-8-6-9-16-27)42-39(52)54-25-28-17-10-7-11-18-28/h5-11,15-18,26,29-31,33,45H,2,4,12-14,19-25H2,1,3H3,(H,40,49)(H,41,48)(H,42,52)(H,43,46)/t26?,29-,30-,31-,33-/m0/s1. The molecular formula is C39H51N5O10. The van der Waals surface area contributed by atoms with Crippen LogP contribution in [-0.4, -0.2) is 94.8 Å². The monoisotopic (exact) mass is 749 g/mol. The largest absolute Gasteiger partial charge is 0.459 e. The zero-order chi connectivity index (χ0) is 39.5. The Morgan fingerprint density at radius 2 is 1.52 bits per heavy atom. The van der Waals surface area contributed by atoms with Crippen molar-refractivity contribution in [2.24, 2.45) is 0 Å². The van der Waals surface area contributed by atoms with Gasteiger partial charge in [0.05, 0.1) is 12.1 Å². The van der Waals surface area contributed by atoms with Gasteiger partial charge in [-0.2, -0.15) is 0 Å². The van der Waals surface area contributed by atoms with Crippen LogP contribution in [0.5, 0.6) is 0 Å². The van der Waals surface area contributed by atoms with Crippen molar-refractivity contribution in [2.45, 2.75) is 102 Å². The number of nitrogens with zero attached hydrogens (tertiary/aromatic N) is 1. The number of ketones is 1. The first kappa shape index (κ1) is 42.8. The van der Waals surface area contributed by atoms with E-state index in [9.17, 15) is 38.7 Å². The highest BCUT2D eigenvalue weighted by atomic mass is 16.6. The van der Waals surface area contributed by atoms with Gasteiger partial charge >= 0.3 is 12.1 Å². The van der Waals surface area contributed by atoms with Crippen LogP contribution in [0.1, 0.15) is 69.9 Å². The molecular weight excluding hydrogens is 698 g/mol. The first-order valence-corrected chi connectivity index (χ1v) is 18.1. The smallest absolute Gasteiger partial charge is 0.408 e. The molecule has 3 rings (SSSR count). The molecule has 1 aliphatic heterocycles. The van der Waals surface area contributed by atoms with Gasteiger partial charge in [-0.15, -0.1) is 6.58 Å². The minimum absolute atomic E-state index is 0.00754. The zero-order valence-corrected chi connectivity index (χ0v) is 30.8. The SMILES string of the molecule is C=CCNC(=O)C(=O)[C@H](CCC)NC(=O)[C@@H]1CCCN1C(=O)[C@@H](NC(=O)CCC[C@H](NC(=O)OCc1ccccc1)C(=O)OCc1ccccc1)C(C)O. The molecule has 1 saturated heterocycles. The van der Waals surface area contributed by atoms with Crippen molar-refractivity contribution in [3.8, 4) is 0 Å². The molecule has 5 amide bonds. The number of alkyl carbamates (subject to hydrolysis) is 1. The Hall–Kier alpha value is -5.57. The summed E-state index contributed by atoms with van der Waals surface area (Å²) in [5.41, 5.74) is 1.48. The fourth-order valence-corrected chi connectivity index (χ4v) is 5.80. The molecule has 1 heterocycles. The summed E-state index contributed by atoms with van der Waals surface area (Å²) in [6.07, 6.45) is 0.557. The summed E-state index contributed by atoms with van der Waals surface area (Å²) in [5.74, 6) is -4.34. The van der Waals surface area contributed by atoms with Crippen LogP contribution in [0.25, 0.3) is 0 Å². The molecule has 5 atom stereocenters. The van der Waals surface area contributed by atoms with E-state index in [1.54, 1.807) is 55.5 Å². The molecule has 15 heteroatoms. The van der Waals surface area contributed by atoms with Crippen LogP contribution in [-0.2, 0) is 51.5 Å². The lowest BCUT2D eigenvalue weighted by molar-refractivity contribution is -0.147. The van der Waals surface area contributed by atoms with Crippen molar-refractivity contribution in [1.29, 1.82) is 0 Å². The fraction of sp³-hybridized carbons (Fsp3) is 0.462. The van der Waals surface area contributed by atoms with Crippen molar-refractivity contribution in [2.75, 3.05) is 13.1 Å². The summed E-state index contributed by atoms with van der Waals surface area (Å²) in [5, 5.41) is 20.6. The lowest BCUT2D eigenvalue weighted by atomic mass is 10.0. The lowest BCUT2D eigenvalue weighted by Gasteiger charge is -2.30. The average Bonchev–Trinajstić information content (AvgIpc) is 3.67. The predicted molar refractivity (Wildman–Crippen MR) is 197 cm³/mol. The van der Waals surface area contributed by atoms with Crippen molar-refractivity contribution in [1.82, 2.24) is 26.2 Å². The number of nitrogens with one attached hydrogen (secondary N) is 4. The van der Waals surface area contributed by atoms with Crippen molar-refractivity contribution >= 4 is 41.5 Å². The Bertz CT molecular complexity index is 1590. The second-order valence-corrected chi connectivity index (χ2v) is 12.9. The van der Waals surface area contributed by atoms with Crippen LogP contribution in [0.2, 0.25) is 0 Å². The third kappa shape index (κ3) is 13.8. The zero-order valence-electron chi connectivity index (χ0n) is 30.8. The normalized spacial score (nSPS) is 15.8. The summed E-state index contributed by atoms with van der Waals surface area (Å²) in [6.45, 7) is 6.81. The van der Waals surface area contributed by atoms with Crippen molar-refractivity contribution in [3.63, 3.8) is 0 Å². The van der Waals surface area contributed by atoms with E-state index in [4.69, 9.17) is 9.47 Å². The molecule has 0 bridgehead atoms. The summed E-state index contributed by atoms with van der Waals surface area (Å²) in [6, 6.07) is 13.3. The molecule has 292 valence electrons. The van der Waals surface area contributed by atoms with E-state index in [1.165, 1.54) is 17.9 Å². The number of benzene rings is 2. The number of amides is 5. The number of rotatable bonds is 21. The molecule has 0 spiro atoms. The molecule has 15 nitrogen and oxygen atoms in total. The molecule has 1 unspecified atom stereocenters. The lowest BCUT2D eigenvalue weighted by Crippen LogP contribution is -2.58. The number of likely N-dealkylation sites (tertiary alicyclic amines) is 1. The Kier molecular flexibility index (Phi) is 17.8. The second kappa shape index (κ2) is 22.5. The summed E-state index contributed by atoms with van der Waals surface area (Å²) in [7, 11) is 0. The Morgan fingerprint density at radius 3 is 2.11 bits per heavy atom. The van der Waals surface area contributed by atoms with E-state index < -0.39 is 71.7 Å². The molecule has 2 aromatic rings. The molecule has 54 heavy (non-hydrogen) atoms. The number of esters is 1. The van der Waals surface area contributed by atoms with Gasteiger partial charge in [-0.25, -0.2) is 9.59 Å². The van der Waals surface area contributed by atoms with Crippen molar-refractivity contribution in [3.05, 3.63) is 84.4 Å². The molecule has 0 aliphatic carbocycles. The van der Waals surface area contributed by atoms with Gasteiger partial charge in [0.1, 0.15) is 31.3 Å². The van der Waals surface area contributed by atoms with Gasteiger partial charge in [0.15, 0.2) is 0 Å². The van der Waals surface area contributed by atoms with Gasteiger partial charge < -0.3 is 40.7 Å². The predicted octanol–water partition coefficient (Wildman–Crippen LogP) is 2.21. The van der Waals surface area contributed by atoms with Gasteiger partial charge in [0.25, 0.3) is 5.91 Å². The Labute approximate surface area is 315 Å². The fourth-order valence-electron chi connectivity index (χ4n) is 5.80. The van der Waals surface area contributed by atoms with Gasteiger partial charge in [-0.05, 0) is 50.2 Å². The van der Waals surface area contributed by atoms with Crippen LogP contribution in [0.15, 0.2) is 73.3 Å². The molecule has 0 saturated carbocycles. The number of aliphatic hydroxyl groups excluding tert-OH is 1. The third-order valence-corrected chi connectivity index (χ3v) is 8.65. The molecule has 1 fully saturated rings. The highest BCUT2D eigenvalue weighted by Gasteiger charge is 2.40. The Morgan fingerprint density at radius 1 is 0.889 bits per heavy atom. The van der Waals surface area contributed by atoms with Gasteiger partial charge in [0, 0.05) is 19.5 Å². The number of hydrogen-bond donors (Lipinski definition) is 5. The second-order valence-electron chi connectivity index (χ2n) is 12.9. The number of carbonyl (C=O) groups is 7. The summed E-state index contributed by atoms with van der Waals surface area (Å²) < 4.78 is 10.7. The quantitative estimate of drug-likeness (QED) is 0.0714. The number of Topliss-reactive ketones (excluding diaryl/α,β-unsaturated/α-hetero) is 1. The third-order valence-electron chi connectivity index (χ3n) is 8.65. The first-order chi connectivity index (χ1) is 25.9. The van der Waals surface area contributed by atoms with Gasteiger partial charge in [-0.3, -0.25) is 24.0 Å². The van der Waals surface area contributed by atoms with Crippen LogP contribution in [0.4, 0.5) is 4.79 Å². The van der Waals surface area contributed by atoms with Crippen molar-refractivity contribution < 1.29 is 48.1 Å². The number of carbonyl (C=O) groups excluding carboxylic acids is 7. The first-order valence-electron chi connectivity index (χ1n) is 18.1. The van der Waals surface area contributed by atoms with Crippen LogP contribution in [0.3, 0.4) is 0 Å². The molecule has 5 N–H and O–H groups in total. The summed E-state index contributed by atoms with van der Waals surface area (Å²) >= 11 is 0. The topological polar surface area (TPSA) is 210 Å². The highest BCUT2D eigenvalue weighted by molar-refractivity contribution is 6.38. The summed E-state index contributed by atoms with van der Waals surface area (Å²) in [4.78, 5) is 92.1. The van der Waals surface area contributed by atoms with E-state index in [2.05, 4.69) is 27.8 Å².